The lowest BCUT2D eigenvalue weighted by atomic mass is 9.78. The molecule has 1 N–H and O–H groups in total. The zero-order valence-corrected chi connectivity index (χ0v) is 10.9. The van der Waals surface area contributed by atoms with Gasteiger partial charge in [-0.25, -0.2) is 0 Å². The van der Waals surface area contributed by atoms with Crippen molar-refractivity contribution in [2.45, 2.75) is 38.3 Å². The van der Waals surface area contributed by atoms with Crippen molar-refractivity contribution in [1.82, 2.24) is 20.3 Å². The van der Waals surface area contributed by atoms with Gasteiger partial charge in [0.1, 0.15) is 0 Å². The molecule has 1 aliphatic rings. The number of hydrogen-bond acceptors (Lipinski definition) is 4. The number of ether oxygens (including phenoxy) is 1. The second-order valence-electron chi connectivity index (χ2n) is 4.77. The fourth-order valence-electron chi connectivity index (χ4n) is 2.57. The molecule has 1 fully saturated rings. The lowest BCUT2D eigenvalue weighted by molar-refractivity contribution is -0.0291. The van der Waals surface area contributed by atoms with E-state index in [1.54, 1.807) is 0 Å². The maximum atomic E-state index is 5.59. The summed E-state index contributed by atoms with van der Waals surface area (Å²) >= 11 is 0. The van der Waals surface area contributed by atoms with E-state index >= 15 is 0 Å². The molecule has 5 nitrogen and oxygen atoms in total. The molecule has 1 aromatic heterocycles. The van der Waals surface area contributed by atoms with Crippen molar-refractivity contribution in [1.29, 1.82) is 0 Å². The van der Waals surface area contributed by atoms with E-state index in [1.165, 1.54) is 12.8 Å². The Morgan fingerprint density at radius 3 is 2.88 bits per heavy atom. The van der Waals surface area contributed by atoms with Gasteiger partial charge in [-0.2, -0.15) is 0 Å². The van der Waals surface area contributed by atoms with Gasteiger partial charge in [0, 0.05) is 13.7 Å². The van der Waals surface area contributed by atoms with Crippen LogP contribution in [0.15, 0.2) is 6.20 Å². The normalized spacial score (nSPS) is 25.6. The molecule has 1 heterocycles. The fourth-order valence-corrected chi connectivity index (χ4v) is 2.57. The Morgan fingerprint density at radius 2 is 2.35 bits per heavy atom. The van der Waals surface area contributed by atoms with Crippen LogP contribution < -0.4 is 5.32 Å². The largest absolute Gasteiger partial charge is 0.378 e. The molecule has 0 saturated heterocycles. The summed E-state index contributed by atoms with van der Waals surface area (Å²) < 4.78 is 7.43. The van der Waals surface area contributed by atoms with Gasteiger partial charge >= 0.3 is 0 Å². The fraction of sp³-hybridized carbons (Fsp3) is 0.833. The van der Waals surface area contributed by atoms with Crippen molar-refractivity contribution in [3.63, 3.8) is 0 Å². The second-order valence-corrected chi connectivity index (χ2v) is 4.77. The van der Waals surface area contributed by atoms with Crippen molar-refractivity contribution in [2.24, 2.45) is 13.0 Å². The van der Waals surface area contributed by atoms with Gasteiger partial charge in [-0.1, -0.05) is 5.21 Å². The first-order chi connectivity index (χ1) is 8.24. The van der Waals surface area contributed by atoms with E-state index < -0.39 is 0 Å². The molecule has 1 unspecified atom stereocenters. The Labute approximate surface area is 103 Å². The van der Waals surface area contributed by atoms with Gasteiger partial charge in [0.2, 0.25) is 0 Å². The van der Waals surface area contributed by atoms with Gasteiger partial charge in [0.25, 0.3) is 0 Å². The number of nitrogens with one attached hydrogen (secondary N) is 1. The van der Waals surface area contributed by atoms with Crippen LogP contribution in [0, 0.1) is 5.92 Å². The molecule has 96 valence electrons. The molecule has 0 aliphatic heterocycles. The van der Waals surface area contributed by atoms with Gasteiger partial charge in [-0.3, -0.25) is 4.68 Å². The van der Waals surface area contributed by atoms with E-state index in [0.29, 0.717) is 12.1 Å². The SMILES string of the molecule is CCOC1CC(CC(NC)c2cnnn2C)C1. The molecule has 1 atom stereocenters. The molecule has 1 aliphatic carbocycles. The molecule has 0 aromatic carbocycles. The van der Waals surface area contributed by atoms with Crippen molar-refractivity contribution in [3.8, 4) is 0 Å². The second kappa shape index (κ2) is 5.60. The van der Waals surface area contributed by atoms with Gasteiger partial charge in [0.05, 0.1) is 24.0 Å². The van der Waals surface area contributed by atoms with E-state index in [-0.39, 0.29) is 0 Å². The summed E-state index contributed by atoms with van der Waals surface area (Å²) in [6.07, 6.45) is 5.86. The smallest absolute Gasteiger partial charge is 0.0753 e. The van der Waals surface area contributed by atoms with Gasteiger partial charge < -0.3 is 10.1 Å². The van der Waals surface area contributed by atoms with Crippen LogP contribution in [-0.4, -0.2) is 34.8 Å². The molecule has 0 amide bonds. The summed E-state index contributed by atoms with van der Waals surface area (Å²) in [4.78, 5) is 0. The molecule has 0 radical (unpaired) electrons. The maximum absolute atomic E-state index is 5.59. The standard InChI is InChI=1S/C12H22N4O/c1-4-17-10-5-9(6-10)7-11(13-2)12-8-14-15-16(12)3/h8-11,13H,4-7H2,1-3H3. The Bertz CT molecular complexity index is 346. The molecular weight excluding hydrogens is 216 g/mol. The topological polar surface area (TPSA) is 52.0 Å². The first-order valence-electron chi connectivity index (χ1n) is 6.38. The van der Waals surface area contributed by atoms with Crippen molar-refractivity contribution in [2.75, 3.05) is 13.7 Å². The van der Waals surface area contributed by atoms with Crippen LogP contribution in [0.25, 0.3) is 0 Å². The van der Waals surface area contributed by atoms with Crippen molar-refractivity contribution >= 4 is 0 Å². The highest BCUT2D eigenvalue weighted by molar-refractivity contribution is 5.02. The highest BCUT2D eigenvalue weighted by atomic mass is 16.5. The van der Waals surface area contributed by atoms with Crippen LogP contribution in [0.5, 0.6) is 0 Å². The maximum Gasteiger partial charge on any atom is 0.0753 e. The predicted molar refractivity (Wildman–Crippen MR) is 65.6 cm³/mol. The molecule has 0 bridgehead atoms. The zero-order chi connectivity index (χ0) is 12.3. The minimum atomic E-state index is 0.350. The number of nitrogens with zero attached hydrogens (tertiary/aromatic N) is 3. The Hall–Kier alpha value is -0.940. The molecule has 5 heteroatoms. The van der Waals surface area contributed by atoms with Crippen LogP contribution in [0.3, 0.4) is 0 Å². The summed E-state index contributed by atoms with van der Waals surface area (Å²) in [6, 6.07) is 0.350. The zero-order valence-electron chi connectivity index (χ0n) is 10.9. The van der Waals surface area contributed by atoms with Gasteiger partial charge in [0.15, 0.2) is 0 Å². The third kappa shape index (κ3) is 2.84. The van der Waals surface area contributed by atoms with Crippen LogP contribution in [0.1, 0.15) is 37.9 Å². The van der Waals surface area contributed by atoms with E-state index in [9.17, 15) is 0 Å². The molecular formula is C12H22N4O. The van der Waals surface area contributed by atoms with Crippen molar-refractivity contribution < 1.29 is 4.74 Å². The summed E-state index contributed by atoms with van der Waals surface area (Å²) in [6.45, 7) is 2.89. The Kier molecular flexibility index (Phi) is 4.12. The molecule has 17 heavy (non-hydrogen) atoms. The highest BCUT2D eigenvalue weighted by Gasteiger charge is 2.32. The van der Waals surface area contributed by atoms with Crippen LogP contribution in [-0.2, 0) is 11.8 Å². The van der Waals surface area contributed by atoms with Gasteiger partial charge in [-0.15, -0.1) is 5.10 Å². The average Bonchev–Trinajstić information content (AvgIpc) is 2.68. The summed E-state index contributed by atoms with van der Waals surface area (Å²) in [5.41, 5.74) is 1.16. The number of rotatable bonds is 6. The van der Waals surface area contributed by atoms with Crippen LogP contribution in [0.2, 0.25) is 0 Å². The quantitative estimate of drug-likeness (QED) is 0.811. The first-order valence-corrected chi connectivity index (χ1v) is 6.38. The Balaban J connectivity index is 1.84. The molecule has 1 aromatic rings. The third-order valence-electron chi connectivity index (χ3n) is 3.62. The van der Waals surface area contributed by atoms with Gasteiger partial charge in [-0.05, 0) is 39.2 Å². The molecule has 1 saturated carbocycles. The third-order valence-corrected chi connectivity index (χ3v) is 3.62. The lowest BCUT2D eigenvalue weighted by Gasteiger charge is -2.36. The van der Waals surface area contributed by atoms with Crippen molar-refractivity contribution in [3.05, 3.63) is 11.9 Å². The first kappa shape index (κ1) is 12.5. The minimum Gasteiger partial charge on any atom is -0.378 e. The van der Waals surface area contributed by atoms with Crippen LogP contribution >= 0.6 is 0 Å². The predicted octanol–water partition coefficient (Wildman–Crippen LogP) is 1.28. The molecule has 0 spiro atoms. The number of aromatic nitrogens is 3. The average molecular weight is 238 g/mol. The van der Waals surface area contributed by atoms with E-state index in [1.807, 2.05) is 25.0 Å². The Morgan fingerprint density at radius 1 is 1.59 bits per heavy atom. The summed E-state index contributed by atoms with van der Waals surface area (Å²) in [7, 11) is 3.94. The van der Waals surface area contributed by atoms with E-state index in [0.717, 1.165) is 24.6 Å². The van der Waals surface area contributed by atoms with Crippen LogP contribution in [0.4, 0.5) is 0 Å². The summed E-state index contributed by atoms with van der Waals surface area (Å²) in [5.74, 6) is 0.763. The highest BCUT2D eigenvalue weighted by Crippen LogP contribution is 2.36. The summed E-state index contributed by atoms with van der Waals surface area (Å²) in [5, 5.41) is 11.3. The van der Waals surface area contributed by atoms with E-state index in [4.69, 9.17) is 4.74 Å². The molecule has 2 rings (SSSR count). The van der Waals surface area contributed by atoms with E-state index in [2.05, 4.69) is 22.6 Å². The number of aryl methyl sites for hydroxylation is 1. The lowest BCUT2D eigenvalue weighted by Crippen LogP contribution is -2.34. The minimum absolute atomic E-state index is 0.350. The monoisotopic (exact) mass is 238 g/mol. The number of hydrogen-bond donors (Lipinski definition) is 1.